The molecule has 0 unspecified atom stereocenters. The fourth-order valence-corrected chi connectivity index (χ4v) is 2.05. The van der Waals surface area contributed by atoms with Gasteiger partial charge in [0.1, 0.15) is 12.4 Å². The number of benzene rings is 2. The molecule has 0 aromatic heterocycles. The fourth-order valence-electron chi connectivity index (χ4n) is 2.05. The zero-order chi connectivity index (χ0) is 15.3. The van der Waals surface area contributed by atoms with Gasteiger partial charge in [-0.2, -0.15) is 0 Å². The van der Waals surface area contributed by atoms with Gasteiger partial charge in [-0.05, 0) is 56.5 Å². The number of hydrogen-bond acceptors (Lipinski definition) is 2. The molecule has 0 heterocycles. The zero-order valence-corrected chi connectivity index (χ0v) is 13.4. The van der Waals surface area contributed by atoms with Gasteiger partial charge in [-0.15, -0.1) is 0 Å². The van der Waals surface area contributed by atoms with Crippen LogP contribution < -0.4 is 10.1 Å². The Morgan fingerprint density at radius 1 is 1.00 bits per heavy atom. The SMILES string of the molecule is Cc1ccccc1COc1cccc(CNC(C)(C)C)c1. The van der Waals surface area contributed by atoms with Crippen molar-refractivity contribution in [3.05, 3.63) is 65.2 Å². The van der Waals surface area contributed by atoms with E-state index in [1.165, 1.54) is 16.7 Å². The topological polar surface area (TPSA) is 21.3 Å². The van der Waals surface area contributed by atoms with E-state index in [1.807, 2.05) is 12.1 Å². The number of hydrogen-bond donors (Lipinski definition) is 1. The van der Waals surface area contributed by atoms with E-state index in [2.05, 4.69) is 69.4 Å². The van der Waals surface area contributed by atoms with Crippen molar-refractivity contribution in [2.45, 2.75) is 46.4 Å². The molecule has 2 heteroatoms. The van der Waals surface area contributed by atoms with Crippen LogP contribution in [0.5, 0.6) is 5.75 Å². The van der Waals surface area contributed by atoms with Crippen LogP contribution in [0.2, 0.25) is 0 Å². The van der Waals surface area contributed by atoms with Crippen molar-refractivity contribution in [1.29, 1.82) is 0 Å². The first kappa shape index (κ1) is 15.6. The van der Waals surface area contributed by atoms with Crippen LogP contribution in [-0.4, -0.2) is 5.54 Å². The summed E-state index contributed by atoms with van der Waals surface area (Å²) in [7, 11) is 0. The van der Waals surface area contributed by atoms with Crippen molar-refractivity contribution >= 4 is 0 Å². The molecular weight excluding hydrogens is 258 g/mol. The number of aryl methyl sites for hydroxylation is 1. The molecule has 2 aromatic carbocycles. The van der Waals surface area contributed by atoms with E-state index in [0.29, 0.717) is 6.61 Å². The lowest BCUT2D eigenvalue weighted by Gasteiger charge is -2.20. The Hall–Kier alpha value is -1.80. The Morgan fingerprint density at radius 2 is 1.76 bits per heavy atom. The second kappa shape index (κ2) is 6.77. The molecule has 0 bridgehead atoms. The highest BCUT2D eigenvalue weighted by atomic mass is 16.5. The van der Waals surface area contributed by atoms with Crippen molar-refractivity contribution in [2.75, 3.05) is 0 Å². The molecule has 0 spiro atoms. The maximum atomic E-state index is 5.92. The summed E-state index contributed by atoms with van der Waals surface area (Å²) in [6, 6.07) is 16.6. The molecule has 112 valence electrons. The van der Waals surface area contributed by atoms with Gasteiger partial charge < -0.3 is 10.1 Å². The summed E-state index contributed by atoms with van der Waals surface area (Å²) >= 11 is 0. The maximum absolute atomic E-state index is 5.92. The predicted molar refractivity (Wildman–Crippen MR) is 88.5 cm³/mol. The third-order valence-electron chi connectivity index (χ3n) is 3.38. The second-order valence-electron chi connectivity index (χ2n) is 6.47. The summed E-state index contributed by atoms with van der Waals surface area (Å²) in [6.45, 7) is 10.1. The van der Waals surface area contributed by atoms with Crippen LogP contribution in [-0.2, 0) is 13.2 Å². The molecule has 0 atom stereocenters. The zero-order valence-electron chi connectivity index (χ0n) is 13.4. The van der Waals surface area contributed by atoms with Crippen molar-refractivity contribution in [3.8, 4) is 5.75 Å². The molecule has 2 rings (SSSR count). The van der Waals surface area contributed by atoms with Gasteiger partial charge in [-0.3, -0.25) is 0 Å². The molecule has 0 saturated carbocycles. The third kappa shape index (κ3) is 5.24. The molecule has 0 radical (unpaired) electrons. The molecule has 2 nitrogen and oxygen atoms in total. The number of nitrogens with one attached hydrogen (secondary N) is 1. The summed E-state index contributed by atoms with van der Waals surface area (Å²) in [5.41, 5.74) is 3.86. The quantitative estimate of drug-likeness (QED) is 0.874. The molecule has 21 heavy (non-hydrogen) atoms. The molecule has 0 fully saturated rings. The van der Waals surface area contributed by atoms with E-state index in [0.717, 1.165) is 12.3 Å². The Kier molecular flexibility index (Phi) is 5.03. The lowest BCUT2D eigenvalue weighted by molar-refractivity contribution is 0.305. The maximum Gasteiger partial charge on any atom is 0.120 e. The highest BCUT2D eigenvalue weighted by Gasteiger charge is 2.08. The van der Waals surface area contributed by atoms with Crippen molar-refractivity contribution in [1.82, 2.24) is 5.32 Å². The molecule has 2 aromatic rings. The summed E-state index contributed by atoms with van der Waals surface area (Å²) in [5.74, 6) is 0.923. The van der Waals surface area contributed by atoms with Crippen LogP contribution in [0.25, 0.3) is 0 Å². The van der Waals surface area contributed by atoms with Crippen LogP contribution in [0.4, 0.5) is 0 Å². The van der Waals surface area contributed by atoms with E-state index < -0.39 is 0 Å². The third-order valence-corrected chi connectivity index (χ3v) is 3.38. The van der Waals surface area contributed by atoms with Crippen molar-refractivity contribution in [2.24, 2.45) is 0 Å². The lowest BCUT2D eigenvalue weighted by atomic mass is 10.1. The minimum absolute atomic E-state index is 0.123. The summed E-state index contributed by atoms with van der Waals surface area (Å²) < 4.78 is 5.92. The van der Waals surface area contributed by atoms with Gasteiger partial charge in [0.15, 0.2) is 0 Å². The number of ether oxygens (including phenoxy) is 1. The van der Waals surface area contributed by atoms with E-state index in [1.54, 1.807) is 0 Å². The van der Waals surface area contributed by atoms with E-state index in [9.17, 15) is 0 Å². The Bertz CT molecular complexity index is 584. The van der Waals surface area contributed by atoms with E-state index in [4.69, 9.17) is 4.74 Å². The molecule has 1 N–H and O–H groups in total. The van der Waals surface area contributed by atoms with Crippen LogP contribution in [0, 0.1) is 6.92 Å². The minimum Gasteiger partial charge on any atom is -0.489 e. The van der Waals surface area contributed by atoms with Crippen LogP contribution in [0.3, 0.4) is 0 Å². The molecule has 0 saturated heterocycles. The van der Waals surface area contributed by atoms with Crippen LogP contribution in [0.15, 0.2) is 48.5 Å². The van der Waals surface area contributed by atoms with Gasteiger partial charge in [0.2, 0.25) is 0 Å². The smallest absolute Gasteiger partial charge is 0.120 e. The first-order valence-electron chi connectivity index (χ1n) is 7.45. The van der Waals surface area contributed by atoms with Gasteiger partial charge in [0.05, 0.1) is 0 Å². The van der Waals surface area contributed by atoms with Crippen LogP contribution in [0.1, 0.15) is 37.5 Å². The van der Waals surface area contributed by atoms with Gasteiger partial charge in [0.25, 0.3) is 0 Å². The normalized spacial score (nSPS) is 11.4. The second-order valence-corrected chi connectivity index (χ2v) is 6.47. The predicted octanol–water partition coefficient (Wildman–Crippen LogP) is 4.46. The minimum atomic E-state index is 0.123. The highest BCUT2D eigenvalue weighted by molar-refractivity contribution is 5.30. The number of rotatable bonds is 5. The Labute approximate surface area is 128 Å². The van der Waals surface area contributed by atoms with Gasteiger partial charge in [-0.25, -0.2) is 0 Å². The average molecular weight is 283 g/mol. The van der Waals surface area contributed by atoms with E-state index >= 15 is 0 Å². The standard InChI is InChI=1S/C19H25NO/c1-15-8-5-6-10-17(15)14-21-18-11-7-9-16(12-18)13-20-19(2,3)4/h5-12,20H,13-14H2,1-4H3. The summed E-state index contributed by atoms with van der Waals surface area (Å²) in [5, 5.41) is 3.49. The highest BCUT2D eigenvalue weighted by Crippen LogP contribution is 2.17. The lowest BCUT2D eigenvalue weighted by Crippen LogP contribution is -2.35. The largest absolute Gasteiger partial charge is 0.489 e. The van der Waals surface area contributed by atoms with Gasteiger partial charge in [0, 0.05) is 12.1 Å². The first-order valence-corrected chi connectivity index (χ1v) is 7.45. The van der Waals surface area contributed by atoms with Gasteiger partial charge in [-0.1, -0.05) is 36.4 Å². The molecular formula is C19H25NO. The van der Waals surface area contributed by atoms with Crippen molar-refractivity contribution in [3.63, 3.8) is 0 Å². The van der Waals surface area contributed by atoms with Crippen LogP contribution >= 0.6 is 0 Å². The average Bonchev–Trinajstić information content (AvgIpc) is 2.44. The summed E-state index contributed by atoms with van der Waals surface area (Å²) in [4.78, 5) is 0. The fraction of sp³-hybridized carbons (Fsp3) is 0.368. The summed E-state index contributed by atoms with van der Waals surface area (Å²) in [6.07, 6.45) is 0. The first-order chi connectivity index (χ1) is 9.94. The monoisotopic (exact) mass is 283 g/mol. The Morgan fingerprint density at radius 3 is 2.48 bits per heavy atom. The molecule has 0 aliphatic rings. The molecule has 0 aliphatic carbocycles. The molecule has 0 amide bonds. The Balaban J connectivity index is 1.96. The van der Waals surface area contributed by atoms with Gasteiger partial charge >= 0.3 is 0 Å². The molecule has 0 aliphatic heterocycles. The van der Waals surface area contributed by atoms with E-state index in [-0.39, 0.29) is 5.54 Å². The van der Waals surface area contributed by atoms with Crippen molar-refractivity contribution < 1.29 is 4.74 Å².